The second-order valence-corrected chi connectivity index (χ2v) is 11.6. The zero-order valence-electron chi connectivity index (χ0n) is 20.8. The lowest BCUT2D eigenvalue weighted by Crippen LogP contribution is -2.66. The molecule has 2 bridgehead atoms. The smallest absolute Gasteiger partial charge is 0.333 e. The lowest BCUT2D eigenvalue weighted by molar-refractivity contribution is -0.227. The number of carbonyl (C=O) groups is 3. The number of hydrogen-bond acceptors (Lipinski definition) is 5. The summed E-state index contributed by atoms with van der Waals surface area (Å²) >= 11 is 0. The van der Waals surface area contributed by atoms with Crippen molar-refractivity contribution < 1.29 is 29.0 Å². The van der Waals surface area contributed by atoms with Gasteiger partial charge in [0.2, 0.25) is 0 Å². The third-order valence-corrected chi connectivity index (χ3v) is 10.0. The van der Waals surface area contributed by atoms with Crippen LogP contribution in [0.25, 0.3) is 0 Å². The molecule has 4 rings (SSSR count). The van der Waals surface area contributed by atoms with Crippen molar-refractivity contribution in [3.63, 3.8) is 0 Å². The molecule has 8 atom stereocenters. The van der Waals surface area contributed by atoms with Crippen LogP contribution in [0.15, 0.2) is 23.8 Å². The molecule has 0 aromatic rings. The van der Waals surface area contributed by atoms with E-state index < -0.39 is 23.5 Å². The molecule has 1 N–H and O–H groups in total. The molecule has 0 radical (unpaired) electrons. The second kappa shape index (κ2) is 7.71. The van der Waals surface area contributed by atoms with Crippen molar-refractivity contribution in [1.29, 1.82) is 0 Å². The summed E-state index contributed by atoms with van der Waals surface area (Å²) in [6.45, 7) is 11.2. The lowest BCUT2D eigenvalue weighted by atomic mass is 9.39. The van der Waals surface area contributed by atoms with Gasteiger partial charge in [0.25, 0.3) is 0 Å². The number of aliphatic carboxylic acids is 1. The van der Waals surface area contributed by atoms with Gasteiger partial charge in [0.15, 0.2) is 0 Å². The first-order valence-corrected chi connectivity index (χ1v) is 12.3. The van der Waals surface area contributed by atoms with Gasteiger partial charge in [-0.25, -0.2) is 4.79 Å². The first-order valence-electron chi connectivity index (χ1n) is 12.3. The number of fused-ring (bicyclic) bond motifs is 3. The number of esters is 2. The highest BCUT2D eigenvalue weighted by Gasteiger charge is 2.71. The number of rotatable bonds is 4. The third-order valence-electron chi connectivity index (χ3n) is 10.0. The Morgan fingerprint density at radius 3 is 2.21 bits per heavy atom. The SMILES string of the molecule is CC=C(C)C(=O)OC1C2(C)C=CC13CCC1C(C)(CCC(OC(C)=O)C1(C)C(=O)O)C3CC2. The van der Waals surface area contributed by atoms with E-state index in [4.69, 9.17) is 9.47 Å². The number of carboxylic acid groups (broad SMARTS) is 1. The molecule has 4 aliphatic rings. The topological polar surface area (TPSA) is 89.9 Å². The Morgan fingerprint density at radius 1 is 0.939 bits per heavy atom. The van der Waals surface area contributed by atoms with E-state index in [1.807, 2.05) is 6.92 Å². The largest absolute Gasteiger partial charge is 0.481 e. The van der Waals surface area contributed by atoms with Crippen LogP contribution in [0.2, 0.25) is 0 Å². The Labute approximate surface area is 196 Å². The van der Waals surface area contributed by atoms with E-state index in [0.717, 1.165) is 25.7 Å². The number of ether oxygens (including phenoxy) is 2. The number of allylic oxidation sites excluding steroid dienone is 1. The van der Waals surface area contributed by atoms with E-state index >= 15 is 0 Å². The molecular formula is C27H38O6. The fourth-order valence-electron chi connectivity index (χ4n) is 8.20. The average molecular weight is 459 g/mol. The number of carboxylic acids is 1. The van der Waals surface area contributed by atoms with Crippen LogP contribution in [-0.4, -0.2) is 35.2 Å². The first kappa shape index (κ1) is 24.0. The molecule has 6 heteroatoms. The highest BCUT2D eigenvalue weighted by atomic mass is 16.6. The van der Waals surface area contributed by atoms with Gasteiger partial charge in [-0.3, -0.25) is 9.59 Å². The van der Waals surface area contributed by atoms with Gasteiger partial charge >= 0.3 is 17.9 Å². The van der Waals surface area contributed by atoms with Gasteiger partial charge in [-0.05, 0) is 76.5 Å². The Kier molecular flexibility index (Phi) is 5.61. The molecule has 33 heavy (non-hydrogen) atoms. The van der Waals surface area contributed by atoms with Gasteiger partial charge in [-0.1, -0.05) is 32.1 Å². The van der Waals surface area contributed by atoms with E-state index in [2.05, 4.69) is 26.0 Å². The summed E-state index contributed by atoms with van der Waals surface area (Å²) in [6.07, 6.45) is 10.1. The Bertz CT molecular complexity index is 935. The summed E-state index contributed by atoms with van der Waals surface area (Å²) in [6, 6.07) is 0. The summed E-state index contributed by atoms with van der Waals surface area (Å²) in [4.78, 5) is 37.3. The van der Waals surface area contributed by atoms with Crippen LogP contribution < -0.4 is 0 Å². The predicted octanol–water partition coefficient (Wildman–Crippen LogP) is 5.07. The van der Waals surface area contributed by atoms with Crippen LogP contribution in [0, 0.1) is 33.5 Å². The van der Waals surface area contributed by atoms with Gasteiger partial charge in [0.05, 0.1) is 0 Å². The molecule has 0 saturated heterocycles. The minimum absolute atomic E-state index is 0.122. The summed E-state index contributed by atoms with van der Waals surface area (Å²) in [5.41, 5.74) is -1.27. The molecule has 4 aliphatic carbocycles. The van der Waals surface area contributed by atoms with Crippen LogP contribution in [-0.2, 0) is 23.9 Å². The molecule has 0 aromatic carbocycles. The minimum atomic E-state index is -1.14. The van der Waals surface area contributed by atoms with Gasteiger partial charge in [-0.2, -0.15) is 0 Å². The monoisotopic (exact) mass is 458 g/mol. The zero-order chi connectivity index (χ0) is 24.4. The van der Waals surface area contributed by atoms with Crippen molar-refractivity contribution in [2.24, 2.45) is 33.5 Å². The Hall–Kier alpha value is -2.11. The molecule has 1 spiro atoms. The molecule has 0 aromatic heterocycles. The second-order valence-electron chi connectivity index (χ2n) is 11.6. The van der Waals surface area contributed by atoms with E-state index in [1.165, 1.54) is 6.92 Å². The molecule has 0 amide bonds. The van der Waals surface area contributed by atoms with Gasteiger partial charge < -0.3 is 14.6 Å². The predicted molar refractivity (Wildman–Crippen MR) is 123 cm³/mol. The number of carbonyl (C=O) groups excluding carboxylic acids is 2. The maximum Gasteiger partial charge on any atom is 0.333 e. The van der Waals surface area contributed by atoms with Gasteiger partial charge in [0, 0.05) is 23.3 Å². The fraction of sp³-hybridized carbons (Fsp3) is 0.741. The molecule has 0 aliphatic heterocycles. The van der Waals surface area contributed by atoms with Crippen molar-refractivity contribution in [3.05, 3.63) is 23.8 Å². The molecule has 3 saturated carbocycles. The summed E-state index contributed by atoms with van der Waals surface area (Å²) in [5.74, 6) is -1.50. The maximum absolute atomic E-state index is 12.8. The molecule has 0 heterocycles. The third kappa shape index (κ3) is 3.23. The standard InChI is InChI=1S/C27H38O6/c1-7-16(2)21(29)33-22-24(4)11-8-19-25(5)12-10-20(32-17(3)28)26(6,23(30)31)18(25)9-13-27(19,22)15-14-24/h7,14-15,18-20,22H,8-13H2,1-6H3,(H,30,31). The first-order chi connectivity index (χ1) is 15.3. The fourth-order valence-corrected chi connectivity index (χ4v) is 8.20. The van der Waals surface area contributed by atoms with Crippen LogP contribution >= 0.6 is 0 Å². The highest BCUT2D eigenvalue weighted by Crippen LogP contribution is 2.72. The maximum atomic E-state index is 12.8. The molecule has 8 unspecified atom stereocenters. The molecular weight excluding hydrogens is 420 g/mol. The van der Waals surface area contributed by atoms with E-state index in [-0.39, 0.29) is 40.2 Å². The summed E-state index contributed by atoms with van der Waals surface area (Å²) < 4.78 is 11.8. The normalized spacial score (nSPS) is 46.2. The highest BCUT2D eigenvalue weighted by molar-refractivity contribution is 5.88. The Morgan fingerprint density at radius 2 is 1.61 bits per heavy atom. The van der Waals surface area contributed by atoms with Crippen molar-refractivity contribution in [3.8, 4) is 0 Å². The van der Waals surface area contributed by atoms with Crippen LogP contribution in [0.5, 0.6) is 0 Å². The number of hydrogen-bond donors (Lipinski definition) is 1. The van der Waals surface area contributed by atoms with E-state index in [0.29, 0.717) is 18.4 Å². The van der Waals surface area contributed by atoms with E-state index in [9.17, 15) is 19.5 Å². The van der Waals surface area contributed by atoms with Crippen molar-refractivity contribution in [2.45, 2.75) is 92.3 Å². The average Bonchev–Trinajstić information content (AvgIpc) is 2.90. The van der Waals surface area contributed by atoms with Crippen molar-refractivity contribution in [2.75, 3.05) is 0 Å². The zero-order valence-corrected chi connectivity index (χ0v) is 20.8. The summed E-state index contributed by atoms with van der Waals surface area (Å²) in [5, 5.41) is 10.4. The van der Waals surface area contributed by atoms with Crippen LogP contribution in [0.1, 0.15) is 80.1 Å². The van der Waals surface area contributed by atoms with Crippen LogP contribution in [0.4, 0.5) is 0 Å². The van der Waals surface area contributed by atoms with Gasteiger partial charge in [-0.15, -0.1) is 0 Å². The molecule has 6 nitrogen and oxygen atoms in total. The summed E-state index contributed by atoms with van der Waals surface area (Å²) in [7, 11) is 0. The quantitative estimate of drug-likeness (QED) is 0.359. The minimum Gasteiger partial charge on any atom is -0.481 e. The lowest BCUT2D eigenvalue weighted by Gasteiger charge is -2.66. The van der Waals surface area contributed by atoms with Crippen molar-refractivity contribution in [1.82, 2.24) is 0 Å². The van der Waals surface area contributed by atoms with Crippen LogP contribution in [0.3, 0.4) is 0 Å². The molecule has 3 fully saturated rings. The van der Waals surface area contributed by atoms with Gasteiger partial charge in [0.1, 0.15) is 17.6 Å². The molecule has 182 valence electrons. The van der Waals surface area contributed by atoms with Crippen molar-refractivity contribution >= 4 is 17.9 Å². The van der Waals surface area contributed by atoms with E-state index in [1.54, 1.807) is 19.9 Å². The Balaban J connectivity index is 1.74.